The minimum Gasteiger partial charge on any atom is -0.351 e. The van der Waals surface area contributed by atoms with Crippen molar-refractivity contribution in [3.05, 3.63) is 35.4 Å². The first kappa shape index (κ1) is 19.5. The summed E-state index contributed by atoms with van der Waals surface area (Å²) in [4.78, 5) is 29.0. The maximum absolute atomic E-state index is 13.6. The summed E-state index contributed by atoms with van der Waals surface area (Å²) in [6, 6.07) is 8.29. The third kappa shape index (κ3) is 3.70. The van der Waals surface area contributed by atoms with Crippen LogP contribution in [0, 0.1) is 0 Å². The van der Waals surface area contributed by atoms with Crippen LogP contribution in [0.4, 0.5) is 0 Å². The van der Waals surface area contributed by atoms with Gasteiger partial charge in [0.2, 0.25) is 5.91 Å². The Morgan fingerprint density at radius 3 is 2.29 bits per heavy atom. The van der Waals surface area contributed by atoms with Crippen LogP contribution in [0.3, 0.4) is 0 Å². The molecule has 2 saturated carbocycles. The van der Waals surface area contributed by atoms with Gasteiger partial charge in [-0.15, -0.1) is 0 Å². The molecule has 2 fully saturated rings. The molecule has 28 heavy (non-hydrogen) atoms. The lowest BCUT2D eigenvalue weighted by atomic mass is 9.81. The van der Waals surface area contributed by atoms with E-state index in [4.69, 9.17) is 0 Å². The van der Waals surface area contributed by atoms with Crippen LogP contribution in [0.1, 0.15) is 93.5 Å². The molecule has 0 spiro atoms. The monoisotopic (exact) mass is 382 g/mol. The van der Waals surface area contributed by atoms with Gasteiger partial charge in [0.25, 0.3) is 5.91 Å². The third-order valence-corrected chi connectivity index (χ3v) is 7.15. The van der Waals surface area contributed by atoms with Crippen LogP contribution in [-0.4, -0.2) is 34.3 Å². The van der Waals surface area contributed by atoms with Gasteiger partial charge in [-0.05, 0) is 44.2 Å². The Morgan fingerprint density at radius 1 is 0.964 bits per heavy atom. The van der Waals surface area contributed by atoms with Crippen molar-refractivity contribution in [2.45, 2.75) is 102 Å². The van der Waals surface area contributed by atoms with E-state index in [2.05, 4.69) is 5.32 Å². The Labute approximate surface area is 169 Å². The molecule has 0 bridgehead atoms. The summed E-state index contributed by atoms with van der Waals surface area (Å²) >= 11 is 0. The Bertz CT molecular complexity index is 717. The Morgan fingerprint density at radius 2 is 1.57 bits per heavy atom. The molecule has 0 saturated heterocycles. The zero-order chi connectivity index (χ0) is 19.6. The quantitative estimate of drug-likeness (QED) is 0.829. The molecule has 1 aromatic rings. The van der Waals surface area contributed by atoms with Gasteiger partial charge in [0, 0.05) is 24.1 Å². The molecule has 0 aromatic heterocycles. The first-order chi connectivity index (χ1) is 13.6. The molecule has 1 atom stereocenters. The number of hydrogen-bond donors (Lipinski definition) is 1. The second kappa shape index (κ2) is 8.26. The molecular weight excluding hydrogens is 348 g/mol. The minimum atomic E-state index is -0.789. The van der Waals surface area contributed by atoms with Crippen molar-refractivity contribution in [3.8, 4) is 0 Å². The van der Waals surface area contributed by atoms with Gasteiger partial charge in [0.05, 0.1) is 0 Å². The van der Waals surface area contributed by atoms with Crippen molar-refractivity contribution in [1.82, 2.24) is 10.2 Å². The van der Waals surface area contributed by atoms with Gasteiger partial charge in [0.15, 0.2) is 0 Å². The van der Waals surface area contributed by atoms with Crippen LogP contribution in [0.15, 0.2) is 24.3 Å². The second-order valence-electron chi connectivity index (χ2n) is 9.24. The lowest BCUT2D eigenvalue weighted by Crippen LogP contribution is -2.65. The molecule has 4 nitrogen and oxygen atoms in total. The van der Waals surface area contributed by atoms with E-state index in [0.717, 1.165) is 49.7 Å². The van der Waals surface area contributed by atoms with Crippen LogP contribution in [0.25, 0.3) is 0 Å². The number of nitrogens with zero attached hydrogens (tertiary/aromatic N) is 1. The maximum atomic E-state index is 13.6. The van der Waals surface area contributed by atoms with E-state index in [1.54, 1.807) is 0 Å². The van der Waals surface area contributed by atoms with Crippen LogP contribution in [-0.2, 0) is 11.2 Å². The fourth-order valence-corrected chi connectivity index (χ4v) is 5.56. The summed E-state index contributed by atoms with van der Waals surface area (Å²) in [5, 5.41) is 3.37. The summed E-state index contributed by atoms with van der Waals surface area (Å²) in [7, 11) is 0. The van der Waals surface area contributed by atoms with E-state index < -0.39 is 5.54 Å². The number of hydrogen-bond acceptors (Lipinski definition) is 2. The van der Waals surface area contributed by atoms with E-state index in [0.29, 0.717) is 6.42 Å². The number of nitrogens with one attached hydrogen (secondary N) is 1. The highest BCUT2D eigenvalue weighted by molar-refractivity contribution is 6.02. The Hall–Kier alpha value is -1.84. The first-order valence-electron chi connectivity index (χ1n) is 11.3. The largest absolute Gasteiger partial charge is 0.351 e. The van der Waals surface area contributed by atoms with Crippen molar-refractivity contribution in [2.75, 3.05) is 0 Å². The molecule has 4 heteroatoms. The molecule has 3 aliphatic rings. The zero-order valence-electron chi connectivity index (χ0n) is 17.2. The SMILES string of the molecule is C[C@@]1(C(=O)NC2CCCCCCC2)Cc2ccccc2C(=O)N1C1CCCC1. The average Bonchev–Trinajstić information content (AvgIpc) is 3.18. The summed E-state index contributed by atoms with van der Waals surface area (Å²) in [5.41, 5.74) is 1.01. The van der Waals surface area contributed by atoms with Crippen LogP contribution < -0.4 is 5.32 Å². The molecule has 4 rings (SSSR count). The van der Waals surface area contributed by atoms with Gasteiger partial charge >= 0.3 is 0 Å². The van der Waals surface area contributed by atoms with Crippen molar-refractivity contribution >= 4 is 11.8 Å². The van der Waals surface area contributed by atoms with Crippen molar-refractivity contribution in [1.29, 1.82) is 0 Å². The molecule has 2 amide bonds. The average molecular weight is 383 g/mol. The third-order valence-electron chi connectivity index (χ3n) is 7.15. The standard InChI is InChI=1S/C24H34N2O2/c1-24(23(28)25-19-12-5-3-2-4-6-13-19)17-18-11-7-10-16-21(18)22(27)26(24)20-14-8-9-15-20/h7,10-11,16,19-20H,2-6,8-9,12-15,17H2,1H3,(H,25,28)/t24-/m0/s1. The van der Waals surface area contributed by atoms with Gasteiger partial charge in [-0.3, -0.25) is 9.59 Å². The van der Waals surface area contributed by atoms with Crippen LogP contribution >= 0.6 is 0 Å². The smallest absolute Gasteiger partial charge is 0.255 e. The molecule has 1 N–H and O–H groups in total. The second-order valence-corrected chi connectivity index (χ2v) is 9.24. The summed E-state index contributed by atoms with van der Waals surface area (Å²) in [6.07, 6.45) is 13.3. The molecular formula is C24H34N2O2. The van der Waals surface area contributed by atoms with E-state index in [-0.39, 0.29) is 23.9 Å². The number of carbonyl (C=O) groups excluding carboxylic acids is 2. The summed E-state index contributed by atoms with van der Waals surface area (Å²) in [5.74, 6) is 0.0943. The fraction of sp³-hybridized carbons (Fsp3) is 0.667. The van der Waals surface area contributed by atoms with E-state index in [1.807, 2.05) is 36.1 Å². The zero-order valence-corrected chi connectivity index (χ0v) is 17.2. The predicted molar refractivity (Wildman–Crippen MR) is 111 cm³/mol. The number of amides is 2. The molecule has 0 radical (unpaired) electrons. The minimum absolute atomic E-state index is 0.0454. The topological polar surface area (TPSA) is 49.4 Å². The van der Waals surface area contributed by atoms with Crippen molar-refractivity contribution < 1.29 is 9.59 Å². The number of carbonyl (C=O) groups is 2. The molecule has 152 valence electrons. The Balaban J connectivity index is 1.61. The lowest BCUT2D eigenvalue weighted by Gasteiger charge is -2.47. The molecule has 1 heterocycles. The van der Waals surface area contributed by atoms with E-state index in [1.165, 1.54) is 32.1 Å². The molecule has 1 aromatic carbocycles. The normalized spacial score (nSPS) is 27.2. The van der Waals surface area contributed by atoms with Gasteiger partial charge in [-0.1, -0.05) is 63.1 Å². The summed E-state index contributed by atoms with van der Waals surface area (Å²) in [6.45, 7) is 2.00. The highest BCUT2D eigenvalue weighted by Gasteiger charge is 2.50. The van der Waals surface area contributed by atoms with Gasteiger partial charge in [-0.25, -0.2) is 0 Å². The number of rotatable bonds is 3. The predicted octanol–water partition coefficient (Wildman–Crippen LogP) is 4.62. The lowest BCUT2D eigenvalue weighted by molar-refractivity contribution is -0.133. The summed E-state index contributed by atoms with van der Waals surface area (Å²) < 4.78 is 0. The van der Waals surface area contributed by atoms with E-state index in [9.17, 15) is 9.59 Å². The maximum Gasteiger partial charge on any atom is 0.255 e. The molecule has 0 unspecified atom stereocenters. The fourth-order valence-electron chi connectivity index (χ4n) is 5.56. The van der Waals surface area contributed by atoms with Gasteiger partial charge in [-0.2, -0.15) is 0 Å². The van der Waals surface area contributed by atoms with E-state index >= 15 is 0 Å². The number of benzene rings is 1. The molecule has 1 aliphatic heterocycles. The number of fused-ring (bicyclic) bond motifs is 1. The highest BCUT2D eigenvalue weighted by atomic mass is 16.2. The van der Waals surface area contributed by atoms with Crippen LogP contribution in [0.5, 0.6) is 0 Å². The van der Waals surface area contributed by atoms with Gasteiger partial charge < -0.3 is 10.2 Å². The first-order valence-corrected chi connectivity index (χ1v) is 11.3. The van der Waals surface area contributed by atoms with Gasteiger partial charge in [0.1, 0.15) is 5.54 Å². The Kier molecular flexibility index (Phi) is 5.75. The highest BCUT2D eigenvalue weighted by Crippen LogP contribution is 2.37. The molecule has 2 aliphatic carbocycles. The van der Waals surface area contributed by atoms with Crippen molar-refractivity contribution in [2.24, 2.45) is 0 Å². The van der Waals surface area contributed by atoms with Crippen LogP contribution in [0.2, 0.25) is 0 Å². The van der Waals surface area contributed by atoms with Crippen molar-refractivity contribution in [3.63, 3.8) is 0 Å².